The van der Waals surface area contributed by atoms with Gasteiger partial charge in [-0.25, -0.2) is 0 Å². The number of hydrogen-bond acceptors (Lipinski definition) is 5. The van der Waals surface area contributed by atoms with E-state index < -0.39 is 7.12 Å². The average Bonchev–Trinajstić information content (AvgIpc) is 2.47. The second-order valence-electron chi connectivity index (χ2n) is 5.66. The van der Waals surface area contributed by atoms with Gasteiger partial charge in [-0.3, -0.25) is 9.80 Å². The van der Waals surface area contributed by atoms with Gasteiger partial charge in [0.1, 0.15) is 5.75 Å². The molecule has 1 saturated heterocycles. The minimum Gasteiger partial charge on any atom is -0.497 e. The van der Waals surface area contributed by atoms with Crippen molar-refractivity contribution in [2.24, 2.45) is 0 Å². The summed E-state index contributed by atoms with van der Waals surface area (Å²) in [6.45, 7) is 9.54. The Morgan fingerprint density at radius 1 is 1.33 bits per heavy atom. The number of nitrogens with zero attached hydrogens (tertiary/aromatic N) is 2. The van der Waals surface area contributed by atoms with E-state index in [0.717, 1.165) is 38.3 Å². The highest BCUT2D eigenvalue weighted by Gasteiger charge is 2.23. The van der Waals surface area contributed by atoms with Gasteiger partial charge in [-0.1, -0.05) is 19.1 Å². The first-order valence-corrected chi connectivity index (χ1v) is 7.54. The smallest absolute Gasteiger partial charge is 0.492 e. The second-order valence-corrected chi connectivity index (χ2v) is 5.66. The lowest BCUT2D eigenvalue weighted by Gasteiger charge is -2.39. The molecule has 0 aromatic heterocycles. The lowest BCUT2D eigenvalue weighted by Crippen LogP contribution is -2.51. The molecule has 1 aromatic carbocycles. The number of likely N-dealkylation sites (N-methyl/N-ethyl adjacent to an activating group) is 1. The van der Waals surface area contributed by atoms with Crippen molar-refractivity contribution in [3.63, 3.8) is 0 Å². The Labute approximate surface area is 127 Å². The van der Waals surface area contributed by atoms with Crippen LogP contribution in [0.15, 0.2) is 18.2 Å². The zero-order valence-electron chi connectivity index (χ0n) is 13.1. The molecule has 1 aliphatic rings. The van der Waals surface area contributed by atoms with Crippen molar-refractivity contribution >= 4 is 12.6 Å². The summed E-state index contributed by atoms with van der Waals surface area (Å²) in [6.07, 6.45) is 0. The fraction of sp³-hybridized carbons (Fsp3) is 0.600. The van der Waals surface area contributed by atoms with Crippen LogP contribution in [0.1, 0.15) is 19.4 Å². The predicted octanol–water partition coefficient (Wildman–Crippen LogP) is -0.0990. The molecule has 116 valence electrons. The molecule has 0 aliphatic carbocycles. The average molecular weight is 292 g/mol. The number of ether oxygens (including phenoxy) is 1. The normalized spacial score (nSPS) is 20.5. The molecule has 6 heteroatoms. The van der Waals surface area contributed by atoms with Gasteiger partial charge < -0.3 is 14.8 Å². The molecule has 1 fully saturated rings. The first-order valence-electron chi connectivity index (χ1n) is 7.54. The van der Waals surface area contributed by atoms with E-state index in [9.17, 15) is 10.0 Å². The lowest BCUT2D eigenvalue weighted by molar-refractivity contribution is 0.0834. The number of rotatable bonds is 5. The van der Waals surface area contributed by atoms with Crippen LogP contribution < -0.4 is 10.2 Å². The molecule has 1 atom stereocenters. The van der Waals surface area contributed by atoms with Crippen molar-refractivity contribution in [2.75, 3.05) is 33.3 Å². The highest BCUT2D eigenvalue weighted by molar-refractivity contribution is 6.59. The molecule has 5 nitrogen and oxygen atoms in total. The Kier molecular flexibility index (Phi) is 5.64. The lowest BCUT2D eigenvalue weighted by atomic mass is 9.78. The van der Waals surface area contributed by atoms with E-state index in [2.05, 4.69) is 23.6 Å². The number of benzene rings is 1. The van der Waals surface area contributed by atoms with E-state index in [1.807, 2.05) is 12.1 Å². The van der Waals surface area contributed by atoms with Crippen LogP contribution in [-0.4, -0.2) is 66.3 Å². The van der Waals surface area contributed by atoms with Gasteiger partial charge in [0.15, 0.2) is 0 Å². The zero-order valence-corrected chi connectivity index (χ0v) is 13.1. The molecule has 1 aromatic rings. The van der Waals surface area contributed by atoms with Gasteiger partial charge in [0.25, 0.3) is 0 Å². The van der Waals surface area contributed by atoms with E-state index in [4.69, 9.17) is 4.74 Å². The molecule has 1 aliphatic heterocycles. The fourth-order valence-corrected chi connectivity index (χ4v) is 3.03. The first-order chi connectivity index (χ1) is 10.0. The van der Waals surface area contributed by atoms with Crippen LogP contribution >= 0.6 is 0 Å². The third kappa shape index (κ3) is 3.98. The number of hydrogen-bond donors (Lipinski definition) is 2. The number of methoxy groups -OCH3 is 1. The maximum Gasteiger partial charge on any atom is 0.492 e. The largest absolute Gasteiger partial charge is 0.497 e. The van der Waals surface area contributed by atoms with Crippen molar-refractivity contribution in [3.05, 3.63) is 23.8 Å². The molecule has 1 heterocycles. The fourth-order valence-electron chi connectivity index (χ4n) is 3.03. The quantitative estimate of drug-likeness (QED) is 0.742. The molecule has 2 rings (SSSR count). The van der Waals surface area contributed by atoms with Crippen molar-refractivity contribution in [3.8, 4) is 5.75 Å². The molecule has 1 unspecified atom stereocenters. The molecule has 0 spiro atoms. The molecule has 0 radical (unpaired) electrons. The highest BCUT2D eigenvalue weighted by Crippen LogP contribution is 2.15. The summed E-state index contributed by atoms with van der Waals surface area (Å²) in [5.74, 6) is 0.512. The summed E-state index contributed by atoms with van der Waals surface area (Å²) >= 11 is 0. The van der Waals surface area contributed by atoms with Crippen LogP contribution in [0, 0.1) is 0 Å². The van der Waals surface area contributed by atoms with Gasteiger partial charge in [0, 0.05) is 37.7 Å². The van der Waals surface area contributed by atoms with Crippen LogP contribution in [0.4, 0.5) is 0 Å². The van der Waals surface area contributed by atoms with Crippen LogP contribution in [0.25, 0.3) is 0 Å². The Morgan fingerprint density at radius 2 is 2.10 bits per heavy atom. The molecular formula is C15H25BN2O3. The van der Waals surface area contributed by atoms with Gasteiger partial charge in [-0.2, -0.15) is 0 Å². The van der Waals surface area contributed by atoms with E-state index in [1.165, 1.54) is 7.11 Å². The third-order valence-corrected chi connectivity index (χ3v) is 4.23. The molecule has 0 amide bonds. The highest BCUT2D eigenvalue weighted by atomic mass is 16.5. The van der Waals surface area contributed by atoms with Gasteiger partial charge in [-0.15, -0.1) is 0 Å². The Bertz CT molecular complexity index is 470. The summed E-state index contributed by atoms with van der Waals surface area (Å²) in [5, 5.41) is 18.9. The van der Waals surface area contributed by atoms with Gasteiger partial charge in [0.05, 0.1) is 7.11 Å². The summed E-state index contributed by atoms with van der Waals surface area (Å²) in [7, 11) is 0.0303. The Hall–Kier alpha value is -1.08. The molecule has 2 N–H and O–H groups in total. The maximum atomic E-state index is 9.43. The van der Waals surface area contributed by atoms with Gasteiger partial charge >= 0.3 is 7.12 Å². The van der Waals surface area contributed by atoms with Crippen LogP contribution in [0.2, 0.25) is 0 Å². The standard InChI is InChI=1S/C15H25BN2O3/c1-4-18-8-7-17(10-12(18)2)11-13-5-6-15(21-3)14(9-13)16(19)20/h5-6,9,12,19-20H,4,7-8,10-11H2,1-3H3. The van der Waals surface area contributed by atoms with Crippen molar-refractivity contribution in [2.45, 2.75) is 26.4 Å². The third-order valence-electron chi connectivity index (χ3n) is 4.23. The van der Waals surface area contributed by atoms with Crippen LogP contribution in [0.3, 0.4) is 0 Å². The van der Waals surface area contributed by atoms with Gasteiger partial charge in [0.2, 0.25) is 0 Å². The zero-order chi connectivity index (χ0) is 15.4. The van der Waals surface area contributed by atoms with Crippen molar-refractivity contribution < 1.29 is 14.8 Å². The summed E-state index contributed by atoms with van der Waals surface area (Å²) in [5.41, 5.74) is 1.51. The Balaban J connectivity index is 2.05. The van der Waals surface area contributed by atoms with Crippen molar-refractivity contribution in [1.82, 2.24) is 9.80 Å². The maximum absolute atomic E-state index is 9.43. The minimum atomic E-state index is -1.50. The molecule has 0 bridgehead atoms. The molecule has 21 heavy (non-hydrogen) atoms. The van der Waals surface area contributed by atoms with Gasteiger partial charge in [-0.05, 0) is 25.1 Å². The van der Waals surface area contributed by atoms with E-state index in [-0.39, 0.29) is 0 Å². The minimum absolute atomic E-state index is 0.426. The molecular weight excluding hydrogens is 267 g/mol. The number of piperazine rings is 1. The summed E-state index contributed by atoms with van der Waals surface area (Å²) in [4.78, 5) is 4.89. The monoisotopic (exact) mass is 292 g/mol. The van der Waals surface area contributed by atoms with E-state index >= 15 is 0 Å². The van der Waals surface area contributed by atoms with Crippen LogP contribution in [0.5, 0.6) is 5.75 Å². The topological polar surface area (TPSA) is 56.2 Å². The predicted molar refractivity (Wildman–Crippen MR) is 84.8 cm³/mol. The van der Waals surface area contributed by atoms with Crippen LogP contribution in [-0.2, 0) is 6.54 Å². The second kappa shape index (κ2) is 7.27. The summed E-state index contributed by atoms with van der Waals surface area (Å²) < 4.78 is 5.16. The Morgan fingerprint density at radius 3 is 2.67 bits per heavy atom. The van der Waals surface area contributed by atoms with Crippen molar-refractivity contribution in [1.29, 1.82) is 0 Å². The SMILES string of the molecule is CCN1CCN(Cc2ccc(OC)c(B(O)O)c2)CC1C. The first kappa shape index (κ1) is 16.3. The van der Waals surface area contributed by atoms with E-state index in [0.29, 0.717) is 17.3 Å². The molecule has 0 saturated carbocycles. The van der Waals surface area contributed by atoms with E-state index in [1.54, 1.807) is 6.07 Å². The summed E-state index contributed by atoms with van der Waals surface area (Å²) in [6, 6.07) is 6.17.